The Labute approximate surface area is 98.9 Å². The topological polar surface area (TPSA) is 29.5 Å². The first-order valence-corrected chi connectivity index (χ1v) is 5.84. The van der Waals surface area contributed by atoms with Crippen LogP contribution in [0.2, 0.25) is 0 Å². The van der Waals surface area contributed by atoms with Gasteiger partial charge in [0, 0.05) is 13.1 Å². The van der Waals surface area contributed by atoms with Crippen LogP contribution in [-0.2, 0) is 9.53 Å². The largest absolute Gasteiger partial charge is 0.411 e. The fraction of sp³-hybridized carbons (Fsp3) is 0.909. The van der Waals surface area contributed by atoms with Crippen molar-refractivity contribution in [2.24, 2.45) is 5.92 Å². The van der Waals surface area contributed by atoms with Crippen molar-refractivity contribution in [1.29, 1.82) is 0 Å². The van der Waals surface area contributed by atoms with Crippen molar-refractivity contribution in [3.8, 4) is 0 Å². The fourth-order valence-electron chi connectivity index (χ4n) is 1.97. The second-order valence-corrected chi connectivity index (χ2v) is 4.36. The molecular formula is C11H18F3NO2. The van der Waals surface area contributed by atoms with Crippen LogP contribution in [0, 0.1) is 5.92 Å². The molecule has 3 nitrogen and oxygen atoms in total. The van der Waals surface area contributed by atoms with Gasteiger partial charge in [0.2, 0.25) is 5.91 Å². The third kappa shape index (κ3) is 5.39. The quantitative estimate of drug-likeness (QED) is 0.768. The lowest BCUT2D eigenvalue weighted by molar-refractivity contribution is -0.178. The number of hydrogen-bond donors (Lipinski definition) is 0. The average molecular weight is 253 g/mol. The van der Waals surface area contributed by atoms with Crippen molar-refractivity contribution in [2.45, 2.75) is 32.4 Å². The number of ether oxygens (including phenoxy) is 1. The maximum Gasteiger partial charge on any atom is 0.411 e. The zero-order valence-corrected chi connectivity index (χ0v) is 9.92. The average Bonchev–Trinajstić information content (AvgIpc) is 2.27. The number of piperidine rings is 1. The Morgan fingerprint density at radius 2 is 2.18 bits per heavy atom. The SMILES string of the molecule is CC[C@@H]1CCCN(C(=O)COCC(F)(F)F)C1. The van der Waals surface area contributed by atoms with E-state index in [1.807, 2.05) is 0 Å². The summed E-state index contributed by atoms with van der Waals surface area (Å²) in [5, 5.41) is 0. The molecule has 1 rings (SSSR count). The Bertz CT molecular complexity index is 256. The van der Waals surface area contributed by atoms with Crippen molar-refractivity contribution >= 4 is 5.91 Å². The van der Waals surface area contributed by atoms with Gasteiger partial charge in [0.15, 0.2) is 0 Å². The minimum Gasteiger partial charge on any atom is -0.362 e. The van der Waals surface area contributed by atoms with Crippen molar-refractivity contribution in [1.82, 2.24) is 4.90 Å². The molecular weight excluding hydrogens is 235 g/mol. The van der Waals surface area contributed by atoms with Gasteiger partial charge in [-0.25, -0.2) is 0 Å². The van der Waals surface area contributed by atoms with E-state index in [-0.39, 0.29) is 5.91 Å². The minimum atomic E-state index is -4.37. The zero-order chi connectivity index (χ0) is 12.9. The fourth-order valence-corrected chi connectivity index (χ4v) is 1.97. The Hall–Kier alpha value is -0.780. The van der Waals surface area contributed by atoms with Crippen LogP contribution in [0.1, 0.15) is 26.2 Å². The molecule has 1 aliphatic heterocycles. The van der Waals surface area contributed by atoms with E-state index in [1.165, 1.54) is 0 Å². The summed E-state index contributed by atoms with van der Waals surface area (Å²) in [5.41, 5.74) is 0. The van der Waals surface area contributed by atoms with Crippen LogP contribution >= 0.6 is 0 Å². The molecule has 1 fully saturated rings. The van der Waals surface area contributed by atoms with Crippen LogP contribution in [0.4, 0.5) is 13.2 Å². The molecule has 6 heteroatoms. The zero-order valence-electron chi connectivity index (χ0n) is 9.92. The van der Waals surface area contributed by atoms with Crippen LogP contribution in [0.3, 0.4) is 0 Å². The predicted molar refractivity (Wildman–Crippen MR) is 56.5 cm³/mol. The van der Waals surface area contributed by atoms with Gasteiger partial charge in [-0.05, 0) is 18.8 Å². The van der Waals surface area contributed by atoms with Gasteiger partial charge < -0.3 is 9.64 Å². The molecule has 0 unspecified atom stereocenters. The van der Waals surface area contributed by atoms with E-state index in [0.717, 1.165) is 19.3 Å². The first-order valence-electron chi connectivity index (χ1n) is 5.84. The molecule has 17 heavy (non-hydrogen) atoms. The summed E-state index contributed by atoms with van der Waals surface area (Å²) >= 11 is 0. The summed E-state index contributed by atoms with van der Waals surface area (Å²) < 4.78 is 39.8. The molecule has 0 aromatic carbocycles. The van der Waals surface area contributed by atoms with Gasteiger partial charge in [-0.1, -0.05) is 13.3 Å². The Balaban J connectivity index is 2.27. The van der Waals surface area contributed by atoms with Crippen LogP contribution in [0.5, 0.6) is 0 Å². The molecule has 100 valence electrons. The molecule has 0 aromatic heterocycles. The van der Waals surface area contributed by atoms with Gasteiger partial charge in [0.05, 0.1) is 0 Å². The molecule has 1 aliphatic rings. The number of hydrogen-bond acceptors (Lipinski definition) is 2. The minimum absolute atomic E-state index is 0.340. The molecule has 1 saturated heterocycles. The summed E-state index contributed by atoms with van der Waals surface area (Å²) in [5.74, 6) is 0.128. The summed E-state index contributed by atoms with van der Waals surface area (Å²) in [6.07, 6.45) is -1.37. The number of amides is 1. The van der Waals surface area contributed by atoms with Gasteiger partial charge in [0.25, 0.3) is 0 Å². The number of carbonyl (C=O) groups is 1. The van der Waals surface area contributed by atoms with Crippen molar-refractivity contribution in [3.05, 3.63) is 0 Å². The summed E-state index contributed by atoms with van der Waals surface area (Å²) in [6.45, 7) is 1.49. The lowest BCUT2D eigenvalue weighted by atomic mass is 9.96. The maximum atomic E-state index is 11.8. The molecule has 0 N–H and O–H groups in total. The van der Waals surface area contributed by atoms with Crippen molar-refractivity contribution in [3.63, 3.8) is 0 Å². The van der Waals surface area contributed by atoms with E-state index in [9.17, 15) is 18.0 Å². The second-order valence-electron chi connectivity index (χ2n) is 4.36. The van der Waals surface area contributed by atoms with E-state index in [4.69, 9.17) is 0 Å². The number of carbonyl (C=O) groups excluding carboxylic acids is 1. The number of nitrogens with zero attached hydrogens (tertiary/aromatic N) is 1. The van der Waals surface area contributed by atoms with Gasteiger partial charge >= 0.3 is 6.18 Å². The Morgan fingerprint density at radius 3 is 2.76 bits per heavy atom. The molecule has 0 saturated carbocycles. The third-order valence-corrected chi connectivity index (χ3v) is 2.94. The first kappa shape index (κ1) is 14.3. The van der Waals surface area contributed by atoms with Crippen LogP contribution < -0.4 is 0 Å². The molecule has 0 aliphatic carbocycles. The molecule has 0 spiro atoms. The molecule has 0 bridgehead atoms. The van der Waals surface area contributed by atoms with E-state index in [1.54, 1.807) is 4.90 Å². The normalized spacial score (nSPS) is 21.6. The van der Waals surface area contributed by atoms with Crippen LogP contribution in [-0.4, -0.2) is 43.3 Å². The maximum absolute atomic E-state index is 11.8. The first-order chi connectivity index (χ1) is 7.92. The smallest absolute Gasteiger partial charge is 0.362 e. The summed E-state index contributed by atoms with van der Waals surface area (Å²) in [4.78, 5) is 13.2. The van der Waals surface area contributed by atoms with E-state index in [0.29, 0.717) is 19.0 Å². The Morgan fingerprint density at radius 1 is 1.47 bits per heavy atom. The number of halogens is 3. The monoisotopic (exact) mass is 253 g/mol. The van der Waals surface area contributed by atoms with Gasteiger partial charge in [0.1, 0.15) is 13.2 Å². The highest BCUT2D eigenvalue weighted by atomic mass is 19.4. The highest BCUT2D eigenvalue weighted by Gasteiger charge is 2.29. The van der Waals surface area contributed by atoms with Gasteiger partial charge in [-0.15, -0.1) is 0 Å². The van der Waals surface area contributed by atoms with E-state index in [2.05, 4.69) is 11.7 Å². The van der Waals surface area contributed by atoms with Crippen LogP contribution in [0.15, 0.2) is 0 Å². The molecule has 0 aromatic rings. The highest BCUT2D eigenvalue weighted by molar-refractivity contribution is 5.77. The highest BCUT2D eigenvalue weighted by Crippen LogP contribution is 2.19. The molecule has 1 heterocycles. The lowest BCUT2D eigenvalue weighted by Crippen LogP contribution is -2.42. The predicted octanol–water partition coefficient (Wildman–Crippen LogP) is 2.21. The van der Waals surface area contributed by atoms with Gasteiger partial charge in [-0.2, -0.15) is 13.2 Å². The number of alkyl halides is 3. The molecule has 0 radical (unpaired) electrons. The van der Waals surface area contributed by atoms with Crippen LogP contribution in [0.25, 0.3) is 0 Å². The number of likely N-dealkylation sites (tertiary alicyclic amines) is 1. The van der Waals surface area contributed by atoms with Crippen molar-refractivity contribution in [2.75, 3.05) is 26.3 Å². The summed E-state index contributed by atoms with van der Waals surface area (Å²) in [7, 11) is 0. The molecule has 1 atom stereocenters. The van der Waals surface area contributed by atoms with E-state index < -0.39 is 19.4 Å². The second kappa shape index (κ2) is 6.23. The van der Waals surface area contributed by atoms with Crippen molar-refractivity contribution < 1.29 is 22.7 Å². The molecule has 1 amide bonds. The van der Waals surface area contributed by atoms with Gasteiger partial charge in [-0.3, -0.25) is 4.79 Å². The summed E-state index contributed by atoms with van der Waals surface area (Å²) in [6, 6.07) is 0. The third-order valence-electron chi connectivity index (χ3n) is 2.94. The lowest BCUT2D eigenvalue weighted by Gasteiger charge is -2.32. The standard InChI is InChI=1S/C11H18F3NO2/c1-2-9-4-3-5-15(6-9)10(16)7-17-8-11(12,13)14/h9H,2-8H2,1H3/t9-/m1/s1. The van der Waals surface area contributed by atoms with E-state index >= 15 is 0 Å². The Kier molecular flexibility index (Phi) is 5.24. The number of rotatable bonds is 4.